The van der Waals surface area contributed by atoms with Crippen LogP contribution in [0.25, 0.3) is 0 Å². The highest BCUT2D eigenvalue weighted by Gasteiger charge is 2.62. The van der Waals surface area contributed by atoms with Crippen LogP contribution in [0.2, 0.25) is 0 Å². The van der Waals surface area contributed by atoms with Crippen molar-refractivity contribution in [3.63, 3.8) is 0 Å². The van der Waals surface area contributed by atoms with E-state index in [2.05, 4.69) is 33.9 Å². The number of fused-ring (bicyclic) bond motifs is 5. The van der Waals surface area contributed by atoms with Crippen LogP contribution in [0.1, 0.15) is 85.0 Å². The van der Waals surface area contributed by atoms with Crippen LogP contribution in [0.15, 0.2) is 24.3 Å². The van der Waals surface area contributed by atoms with Gasteiger partial charge in [0.15, 0.2) is 0 Å². The molecule has 0 N–H and O–H groups in total. The first-order valence-electron chi connectivity index (χ1n) is 10.2. The molecule has 0 aromatic rings. The fraction of sp³-hybridized carbons (Fsp3) is 0.826. The highest BCUT2D eigenvalue weighted by atomic mass is 14.7. The second-order valence-electron chi connectivity index (χ2n) is 10.0. The summed E-state index contributed by atoms with van der Waals surface area (Å²) in [5, 5.41) is 0. The van der Waals surface area contributed by atoms with Gasteiger partial charge in [-0.15, -0.1) is 0 Å². The van der Waals surface area contributed by atoms with Crippen LogP contribution in [0.3, 0.4) is 0 Å². The monoisotopic (exact) mass is 312 g/mol. The standard InChI is InChI=1S/C23H36/c1-16(2)23-13-7-6-12-22(23,5)20-11-14-21(4)17(3)8-9-19(21)18(20)10-15-23/h18-20H,1,3,6-15H2,2,4-5H3. The lowest BCUT2D eigenvalue weighted by Gasteiger charge is -2.65. The fourth-order valence-corrected chi connectivity index (χ4v) is 8.11. The Morgan fingerprint density at radius 2 is 1.70 bits per heavy atom. The molecular formula is C23H36. The Kier molecular flexibility index (Phi) is 3.47. The molecule has 0 radical (unpaired) electrons. The van der Waals surface area contributed by atoms with Crippen molar-refractivity contribution in [1.29, 1.82) is 0 Å². The Hall–Kier alpha value is -0.520. The van der Waals surface area contributed by atoms with Gasteiger partial charge in [0.25, 0.3) is 0 Å². The van der Waals surface area contributed by atoms with E-state index in [4.69, 9.17) is 0 Å². The summed E-state index contributed by atoms with van der Waals surface area (Å²) in [4.78, 5) is 0. The summed E-state index contributed by atoms with van der Waals surface area (Å²) in [5.41, 5.74) is 4.52. The molecule has 0 nitrogen and oxygen atoms in total. The molecule has 0 heteroatoms. The van der Waals surface area contributed by atoms with Crippen molar-refractivity contribution in [3.8, 4) is 0 Å². The van der Waals surface area contributed by atoms with Gasteiger partial charge in [-0.1, -0.05) is 51.0 Å². The van der Waals surface area contributed by atoms with Gasteiger partial charge in [-0.05, 0) is 92.3 Å². The molecule has 0 spiro atoms. The molecule has 6 atom stereocenters. The molecule has 0 bridgehead atoms. The Labute approximate surface area is 143 Å². The van der Waals surface area contributed by atoms with Crippen LogP contribution in [0.5, 0.6) is 0 Å². The molecule has 128 valence electrons. The molecule has 23 heavy (non-hydrogen) atoms. The van der Waals surface area contributed by atoms with Crippen molar-refractivity contribution in [2.24, 2.45) is 34.0 Å². The zero-order chi connectivity index (χ0) is 16.5. The number of hydrogen-bond donors (Lipinski definition) is 0. The highest BCUT2D eigenvalue weighted by molar-refractivity contribution is 5.25. The first kappa shape index (κ1) is 16.0. The highest BCUT2D eigenvalue weighted by Crippen LogP contribution is 2.71. The quantitative estimate of drug-likeness (QED) is 0.461. The SMILES string of the molecule is C=C1CCC2C3CCC4(C(=C)C)CCCCC4(C)C3CCC12C. The largest absolute Gasteiger partial charge is 0.0996 e. The van der Waals surface area contributed by atoms with E-state index in [9.17, 15) is 0 Å². The Bertz CT molecular complexity index is 542. The van der Waals surface area contributed by atoms with E-state index in [0.29, 0.717) is 16.2 Å². The van der Waals surface area contributed by atoms with E-state index in [0.717, 1.165) is 17.8 Å². The smallest absolute Gasteiger partial charge is 0.00369 e. The average Bonchev–Trinajstić information content (AvgIpc) is 2.82. The maximum atomic E-state index is 4.51. The van der Waals surface area contributed by atoms with E-state index in [1.807, 2.05) is 0 Å². The van der Waals surface area contributed by atoms with Gasteiger partial charge in [0.1, 0.15) is 0 Å². The van der Waals surface area contributed by atoms with Crippen molar-refractivity contribution in [3.05, 3.63) is 24.3 Å². The van der Waals surface area contributed by atoms with Crippen molar-refractivity contribution >= 4 is 0 Å². The summed E-state index contributed by atoms with van der Waals surface area (Å²) >= 11 is 0. The first-order chi connectivity index (χ1) is 10.9. The van der Waals surface area contributed by atoms with Crippen LogP contribution < -0.4 is 0 Å². The fourth-order valence-electron chi connectivity index (χ4n) is 8.11. The number of rotatable bonds is 1. The second kappa shape index (κ2) is 4.99. The minimum atomic E-state index is 0.454. The van der Waals surface area contributed by atoms with E-state index < -0.39 is 0 Å². The molecule has 4 rings (SSSR count). The lowest BCUT2D eigenvalue weighted by Crippen LogP contribution is -2.57. The minimum Gasteiger partial charge on any atom is -0.0996 e. The second-order valence-corrected chi connectivity index (χ2v) is 10.0. The summed E-state index contributed by atoms with van der Waals surface area (Å²) in [6, 6.07) is 0. The molecule has 4 aliphatic carbocycles. The molecule has 0 heterocycles. The van der Waals surface area contributed by atoms with Gasteiger partial charge in [0.2, 0.25) is 0 Å². The average molecular weight is 313 g/mol. The topological polar surface area (TPSA) is 0 Å². The zero-order valence-corrected chi connectivity index (χ0v) is 15.7. The molecular weight excluding hydrogens is 276 g/mol. The minimum absolute atomic E-state index is 0.454. The van der Waals surface area contributed by atoms with E-state index >= 15 is 0 Å². The normalized spacial score (nSPS) is 52.5. The van der Waals surface area contributed by atoms with Gasteiger partial charge < -0.3 is 0 Å². The van der Waals surface area contributed by atoms with Crippen molar-refractivity contribution < 1.29 is 0 Å². The van der Waals surface area contributed by atoms with Crippen LogP contribution in [0.4, 0.5) is 0 Å². The molecule has 0 saturated heterocycles. The molecule has 0 aliphatic heterocycles. The van der Waals surface area contributed by atoms with Gasteiger partial charge in [-0.25, -0.2) is 0 Å². The van der Waals surface area contributed by atoms with Gasteiger partial charge >= 0.3 is 0 Å². The number of allylic oxidation sites excluding steroid dienone is 2. The predicted molar refractivity (Wildman–Crippen MR) is 99.2 cm³/mol. The van der Waals surface area contributed by atoms with Gasteiger partial charge in [0.05, 0.1) is 0 Å². The molecule has 4 saturated carbocycles. The van der Waals surface area contributed by atoms with Crippen molar-refractivity contribution in [2.45, 2.75) is 85.0 Å². The maximum absolute atomic E-state index is 4.51. The summed E-state index contributed by atoms with van der Waals surface area (Å²) in [5.74, 6) is 2.83. The Morgan fingerprint density at radius 3 is 2.43 bits per heavy atom. The summed E-state index contributed by atoms with van der Waals surface area (Å²) < 4.78 is 0. The number of hydrogen-bond acceptors (Lipinski definition) is 0. The van der Waals surface area contributed by atoms with Crippen LogP contribution in [0, 0.1) is 34.0 Å². The molecule has 6 unspecified atom stereocenters. The van der Waals surface area contributed by atoms with Gasteiger partial charge in [-0.3, -0.25) is 0 Å². The zero-order valence-electron chi connectivity index (χ0n) is 15.7. The molecule has 0 aromatic carbocycles. The molecule has 4 fully saturated rings. The summed E-state index contributed by atoms with van der Waals surface area (Å²) in [6.45, 7) is 16.6. The predicted octanol–water partition coefficient (Wildman–Crippen LogP) is 6.92. The van der Waals surface area contributed by atoms with Crippen molar-refractivity contribution in [2.75, 3.05) is 0 Å². The first-order valence-corrected chi connectivity index (χ1v) is 10.2. The molecule has 0 amide bonds. The van der Waals surface area contributed by atoms with E-state index in [-0.39, 0.29) is 0 Å². The summed E-state index contributed by atoms with van der Waals surface area (Å²) in [7, 11) is 0. The third-order valence-corrected chi connectivity index (χ3v) is 9.57. The van der Waals surface area contributed by atoms with E-state index in [1.165, 1.54) is 69.8 Å². The van der Waals surface area contributed by atoms with Gasteiger partial charge in [0, 0.05) is 0 Å². The van der Waals surface area contributed by atoms with Crippen LogP contribution in [-0.4, -0.2) is 0 Å². The third-order valence-electron chi connectivity index (χ3n) is 9.57. The Balaban J connectivity index is 1.73. The molecule has 0 aromatic heterocycles. The van der Waals surface area contributed by atoms with E-state index in [1.54, 1.807) is 5.57 Å². The van der Waals surface area contributed by atoms with Crippen LogP contribution in [-0.2, 0) is 0 Å². The maximum Gasteiger partial charge on any atom is -0.00369 e. The third kappa shape index (κ3) is 1.84. The lowest BCUT2D eigenvalue weighted by atomic mass is 9.39. The van der Waals surface area contributed by atoms with Crippen LogP contribution >= 0.6 is 0 Å². The van der Waals surface area contributed by atoms with Gasteiger partial charge in [-0.2, -0.15) is 0 Å². The molecule has 4 aliphatic rings. The van der Waals surface area contributed by atoms with Crippen molar-refractivity contribution in [1.82, 2.24) is 0 Å². The lowest BCUT2D eigenvalue weighted by molar-refractivity contribution is -0.135. The summed E-state index contributed by atoms with van der Waals surface area (Å²) in [6.07, 6.45) is 14.2. The Morgan fingerprint density at radius 1 is 0.957 bits per heavy atom.